The first kappa shape index (κ1) is 25.0. The van der Waals surface area contributed by atoms with Crippen LogP contribution < -0.4 is 14.8 Å². The Morgan fingerprint density at radius 1 is 1.00 bits per heavy atom. The summed E-state index contributed by atoms with van der Waals surface area (Å²) in [5.41, 5.74) is 1.66. The van der Waals surface area contributed by atoms with E-state index in [1.165, 1.54) is 28.9 Å². The molecule has 0 atom stereocenters. The first-order chi connectivity index (χ1) is 17.2. The minimum Gasteiger partial charge on any atom is -0.471 e. The van der Waals surface area contributed by atoms with Gasteiger partial charge in [0.1, 0.15) is 17.2 Å². The zero-order chi connectivity index (χ0) is 25.8. The van der Waals surface area contributed by atoms with E-state index in [0.717, 1.165) is 11.1 Å². The second kappa shape index (κ2) is 10.7. The Labute approximate surface area is 216 Å². The number of halogens is 2. The fraction of sp³-hybridized carbons (Fsp3) is 0.120. The molecule has 1 N–H and O–H groups in total. The Morgan fingerprint density at radius 3 is 2.31 bits per heavy atom. The summed E-state index contributed by atoms with van der Waals surface area (Å²) in [5.74, 6) is 0.750. The number of nitrogens with one attached hydrogen (secondary N) is 1. The van der Waals surface area contributed by atoms with Crippen molar-refractivity contribution in [1.82, 2.24) is 9.78 Å². The number of nitro groups is 1. The molecule has 0 aliphatic rings. The lowest BCUT2D eigenvalue weighted by atomic mass is 10.2. The second-order valence-corrected chi connectivity index (χ2v) is 8.74. The molecule has 0 aliphatic heterocycles. The van der Waals surface area contributed by atoms with Gasteiger partial charge in [-0.25, -0.2) is 4.68 Å². The maximum Gasteiger partial charge on any atom is 0.276 e. The lowest BCUT2D eigenvalue weighted by molar-refractivity contribution is -0.384. The largest absolute Gasteiger partial charge is 0.471 e. The summed E-state index contributed by atoms with van der Waals surface area (Å²) >= 11 is 11.9. The summed E-state index contributed by atoms with van der Waals surface area (Å²) in [4.78, 5) is 23.6. The van der Waals surface area contributed by atoms with Crippen LogP contribution in [-0.4, -0.2) is 20.6 Å². The number of hydrogen-bond donors (Lipinski definition) is 1. The molecule has 0 aliphatic carbocycles. The van der Waals surface area contributed by atoms with Gasteiger partial charge >= 0.3 is 0 Å². The molecule has 3 aromatic carbocycles. The Kier molecular flexibility index (Phi) is 7.42. The molecule has 184 valence electrons. The van der Waals surface area contributed by atoms with E-state index in [1.54, 1.807) is 49.5 Å². The molecule has 1 heterocycles. The maximum absolute atomic E-state index is 12.8. The topological polar surface area (TPSA) is 109 Å². The molecule has 0 fully saturated rings. The van der Waals surface area contributed by atoms with E-state index in [2.05, 4.69) is 10.4 Å². The Hall–Kier alpha value is -4.08. The minimum absolute atomic E-state index is 0.0744. The zero-order valence-electron chi connectivity index (χ0n) is 19.2. The summed E-state index contributed by atoms with van der Waals surface area (Å²) < 4.78 is 13.0. The molecule has 0 bridgehead atoms. The van der Waals surface area contributed by atoms with E-state index in [0.29, 0.717) is 21.5 Å². The lowest BCUT2D eigenvalue weighted by Crippen LogP contribution is -2.14. The van der Waals surface area contributed by atoms with Gasteiger partial charge in [-0.05, 0) is 67.4 Å². The van der Waals surface area contributed by atoms with E-state index in [-0.39, 0.29) is 29.5 Å². The van der Waals surface area contributed by atoms with Crippen molar-refractivity contribution in [3.05, 3.63) is 104 Å². The number of rotatable bonds is 8. The molecular weight excluding hydrogens is 507 g/mol. The van der Waals surface area contributed by atoms with Crippen molar-refractivity contribution < 1.29 is 19.2 Å². The number of nitro benzene ring substituents is 1. The summed E-state index contributed by atoms with van der Waals surface area (Å²) in [5, 5.41) is 19.4. The van der Waals surface area contributed by atoms with E-state index in [9.17, 15) is 14.9 Å². The predicted octanol–water partition coefficient (Wildman–Crippen LogP) is 6.80. The van der Waals surface area contributed by atoms with Gasteiger partial charge < -0.3 is 14.8 Å². The summed E-state index contributed by atoms with van der Waals surface area (Å²) in [6.07, 6.45) is 1.59. The number of nitrogens with zero attached hydrogens (tertiary/aromatic N) is 3. The van der Waals surface area contributed by atoms with Crippen LogP contribution in [0.5, 0.6) is 17.2 Å². The van der Waals surface area contributed by atoms with Gasteiger partial charge in [-0.15, -0.1) is 0 Å². The third kappa shape index (κ3) is 6.12. The van der Waals surface area contributed by atoms with Crippen LogP contribution in [0.15, 0.2) is 66.9 Å². The predicted molar refractivity (Wildman–Crippen MR) is 136 cm³/mol. The smallest absolute Gasteiger partial charge is 0.276 e. The highest BCUT2D eigenvalue weighted by atomic mass is 35.5. The molecule has 0 saturated carbocycles. The van der Waals surface area contributed by atoms with Crippen molar-refractivity contribution in [2.45, 2.75) is 20.6 Å². The van der Waals surface area contributed by atoms with Crippen LogP contribution in [0.3, 0.4) is 0 Å². The summed E-state index contributed by atoms with van der Waals surface area (Å²) in [6, 6.07) is 15.8. The van der Waals surface area contributed by atoms with Gasteiger partial charge in [0.2, 0.25) is 0 Å². The minimum atomic E-state index is -0.567. The average Bonchev–Trinajstić information content (AvgIpc) is 3.29. The maximum atomic E-state index is 12.8. The standard InChI is InChI=1S/C25H20Cl2N4O5/c1-15-9-17(26)3-5-23(15)35-14-30-8-7-22(29-30)25(32)28-19-11-20(31(33)34)13-21(12-19)36-24-6-4-18(27)10-16(24)2/h3-13H,14H2,1-2H3,(H,28,32). The van der Waals surface area contributed by atoms with Crippen molar-refractivity contribution in [1.29, 1.82) is 0 Å². The SMILES string of the molecule is Cc1cc(Cl)ccc1OCn1ccc(C(=O)Nc2cc(Oc3ccc(Cl)cc3C)cc([N+](=O)[O-])c2)n1. The van der Waals surface area contributed by atoms with Crippen LogP contribution >= 0.6 is 23.2 Å². The van der Waals surface area contributed by atoms with Crippen molar-refractivity contribution in [2.75, 3.05) is 5.32 Å². The highest BCUT2D eigenvalue weighted by molar-refractivity contribution is 6.31. The summed E-state index contributed by atoms with van der Waals surface area (Å²) in [7, 11) is 0. The molecule has 9 nitrogen and oxygen atoms in total. The van der Waals surface area contributed by atoms with Crippen molar-refractivity contribution in [2.24, 2.45) is 0 Å². The summed E-state index contributed by atoms with van der Waals surface area (Å²) in [6.45, 7) is 3.75. The number of carbonyl (C=O) groups excluding carboxylic acids is 1. The number of amides is 1. The molecule has 11 heteroatoms. The number of benzene rings is 3. The van der Waals surface area contributed by atoms with Crippen LogP contribution in [0.4, 0.5) is 11.4 Å². The highest BCUT2D eigenvalue weighted by Crippen LogP contribution is 2.32. The molecule has 0 unspecified atom stereocenters. The van der Waals surface area contributed by atoms with E-state index in [1.807, 2.05) is 6.92 Å². The Bertz CT molecular complexity index is 1450. The van der Waals surface area contributed by atoms with Crippen molar-refractivity contribution in [3.8, 4) is 17.2 Å². The molecule has 1 amide bonds. The normalized spacial score (nSPS) is 10.7. The van der Waals surface area contributed by atoms with E-state index >= 15 is 0 Å². The van der Waals surface area contributed by atoms with Gasteiger partial charge in [0, 0.05) is 28.4 Å². The van der Waals surface area contributed by atoms with Crippen LogP contribution in [-0.2, 0) is 6.73 Å². The quantitative estimate of drug-likeness (QED) is 0.200. The number of aromatic nitrogens is 2. The first-order valence-electron chi connectivity index (χ1n) is 10.7. The molecule has 36 heavy (non-hydrogen) atoms. The first-order valence-corrected chi connectivity index (χ1v) is 11.4. The Balaban J connectivity index is 1.48. The monoisotopic (exact) mass is 526 g/mol. The van der Waals surface area contributed by atoms with E-state index in [4.69, 9.17) is 32.7 Å². The average molecular weight is 527 g/mol. The number of anilines is 1. The Morgan fingerprint density at radius 2 is 1.67 bits per heavy atom. The van der Waals surface area contributed by atoms with Gasteiger partial charge in [-0.3, -0.25) is 14.9 Å². The number of ether oxygens (including phenoxy) is 2. The van der Waals surface area contributed by atoms with Crippen molar-refractivity contribution >= 4 is 40.5 Å². The zero-order valence-corrected chi connectivity index (χ0v) is 20.7. The van der Waals surface area contributed by atoms with Crippen LogP contribution in [0.1, 0.15) is 21.6 Å². The molecular formula is C25H20Cl2N4O5. The van der Waals surface area contributed by atoms with Gasteiger partial charge in [0.25, 0.3) is 11.6 Å². The van der Waals surface area contributed by atoms with Crippen LogP contribution in [0.25, 0.3) is 0 Å². The highest BCUT2D eigenvalue weighted by Gasteiger charge is 2.16. The molecule has 0 spiro atoms. The lowest BCUT2D eigenvalue weighted by Gasteiger charge is -2.11. The van der Waals surface area contributed by atoms with Crippen LogP contribution in [0, 0.1) is 24.0 Å². The second-order valence-electron chi connectivity index (χ2n) is 7.86. The van der Waals surface area contributed by atoms with Crippen LogP contribution in [0.2, 0.25) is 10.0 Å². The van der Waals surface area contributed by atoms with Gasteiger partial charge in [0.15, 0.2) is 12.4 Å². The van der Waals surface area contributed by atoms with E-state index < -0.39 is 10.8 Å². The molecule has 1 aromatic heterocycles. The number of non-ortho nitro benzene ring substituents is 1. The molecule has 4 aromatic rings. The number of hydrogen-bond acceptors (Lipinski definition) is 6. The molecule has 0 radical (unpaired) electrons. The third-order valence-corrected chi connectivity index (χ3v) is 5.56. The molecule has 4 rings (SSSR count). The number of aryl methyl sites for hydroxylation is 2. The molecule has 0 saturated heterocycles. The van der Waals surface area contributed by atoms with Gasteiger partial charge in [-0.2, -0.15) is 5.10 Å². The third-order valence-electron chi connectivity index (χ3n) is 5.09. The van der Waals surface area contributed by atoms with Gasteiger partial charge in [0.05, 0.1) is 16.7 Å². The fourth-order valence-corrected chi connectivity index (χ4v) is 3.79. The van der Waals surface area contributed by atoms with Gasteiger partial charge in [-0.1, -0.05) is 23.2 Å². The number of carbonyl (C=O) groups is 1. The van der Waals surface area contributed by atoms with Crippen molar-refractivity contribution in [3.63, 3.8) is 0 Å². The fourth-order valence-electron chi connectivity index (χ4n) is 3.33.